The van der Waals surface area contributed by atoms with Crippen molar-refractivity contribution in [3.05, 3.63) is 46.3 Å². The van der Waals surface area contributed by atoms with Crippen molar-refractivity contribution in [3.63, 3.8) is 0 Å². The molecule has 138 valence electrons. The van der Waals surface area contributed by atoms with E-state index in [1.54, 1.807) is 35.9 Å². The Morgan fingerprint density at radius 2 is 2.11 bits per heavy atom. The number of rotatable bonds is 2. The first kappa shape index (κ1) is 16.5. The van der Waals surface area contributed by atoms with Gasteiger partial charge < -0.3 is 14.8 Å². The zero-order valence-electron chi connectivity index (χ0n) is 14.5. The highest BCUT2D eigenvalue weighted by Crippen LogP contribution is 2.38. The first-order chi connectivity index (χ1) is 13.0. The average Bonchev–Trinajstić information content (AvgIpc) is 3.38. The second-order valence-corrected chi connectivity index (χ2v) is 7.42. The van der Waals surface area contributed by atoms with Crippen LogP contribution in [0.3, 0.4) is 0 Å². The van der Waals surface area contributed by atoms with E-state index >= 15 is 0 Å². The predicted octanol–water partition coefficient (Wildman–Crippen LogP) is 2.89. The molecule has 1 saturated carbocycles. The number of hydrogen-bond donors (Lipinski definition) is 1. The summed E-state index contributed by atoms with van der Waals surface area (Å²) < 4.78 is 8.02. The summed E-state index contributed by atoms with van der Waals surface area (Å²) in [4.78, 5) is 8.79. The van der Waals surface area contributed by atoms with Gasteiger partial charge in [0.05, 0.1) is 0 Å². The fourth-order valence-corrected chi connectivity index (χ4v) is 4.03. The molecule has 0 saturated heterocycles. The van der Waals surface area contributed by atoms with Gasteiger partial charge in [0.1, 0.15) is 23.0 Å². The van der Waals surface area contributed by atoms with E-state index in [1.807, 2.05) is 0 Å². The van der Waals surface area contributed by atoms with Crippen LogP contribution in [-0.4, -0.2) is 24.6 Å². The van der Waals surface area contributed by atoms with Crippen molar-refractivity contribution in [3.8, 4) is 11.6 Å². The molecule has 27 heavy (non-hydrogen) atoms. The maximum Gasteiger partial charge on any atom is 0.279 e. The van der Waals surface area contributed by atoms with Crippen LogP contribution in [0.5, 0.6) is 0 Å². The highest BCUT2D eigenvalue weighted by molar-refractivity contribution is 6.31. The van der Waals surface area contributed by atoms with Crippen LogP contribution < -0.4 is 4.73 Å². The number of halogens is 1. The molecule has 5 rings (SSSR count). The molecule has 1 aliphatic carbocycles. The van der Waals surface area contributed by atoms with E-state index in [0.29, 0.717) is 45.8 Å². The Morgan fingerprint density at radius 3 is 2.89 bits per heavy atom. The highest BCUT2D eigenvalue weighted by atomic mass is 35.5. The molecule has 3 heterocycles. The van der Waals surface area contributed by atoms with Gasteiger partial charge in [-0.15, -0.1) is 0 Å². The summed E-state index contributed by atoms with van der Waals surface area (Å²) in [5, 5.41) is 27.9. The lowest BCUT2D eigenvalue weighted by Gasteiger charge is -2.16. The largest absolute Gasteiger partial charge is 0.618 e. The topological polar surface area (TPSA) is 103 Å². The smallest absolute Gasteiger partial charge is 0.279 e. The Balaban J connectivity index is 1.72. The average molecular weight is 386 g/mol. The molecule has 0 aliphatic heterocycles. The Kier molecular flexibility index (Phi) is 3.44. The van der Waals surface area contributed by atoms with E-state index in [1.165, 1.54) is 0 Å². The third kappa shape index (κ3) is 2.33. The highest BCUT2D eigenvalue weighted by Gasteiger charge is 2.38. The summed E-state index contributed by atoms with van der Waals surface area (Å²) in [7, 11) is 0. The molecule has 1 aromatic carbocycles. The number of aliphatic hydroxyl groups is 1. The van der Waals surface area contributed by atoms with E-state index in [-0.39, 0.29) is 11.7 Å². The second-order valence-electron chi connectivity index (χ2n) is 6.99. The van der Waals surface area contributed by atoms with Crippen molar-refractivity contribution in [1.29, 1.82) is 0 Å². The lowest BCUT2D eigenvalue weighted by atomic mass is 10.0. The fourth-order valence-electron chi connectivity index (χ4n) is 3.87. The van der Waals surface area contributed by atoms with Crippen LogP contribution in [-0.2, 0) is 5.60 Å². The summed E-state index contributed by atoms with van der Waals surface area (Å²) in [6, 6.07) is 5.11. The minimum Gasteiger partial charge on any atom is -0.618 e. The van der Waals surface area contributed by atoms with Crippen molar-refractivity contribution in [2.75, 3.05) is 0 Å². The van der Waals surface area contributed by atoms with Gasteiger partial charge in [0.2, 0.25) is 17.0 Å². The number of aromatic nitrogens is 5. The van der Waals surface area contributed by atoms with E-state index < -0.39 is 5.60 Å². The van der Waals surface area contributed by atoms with Crippen molar-refractivity contribution in [2.24, 2.45) is 0 Å². The number of nitrogens with zero attached hydrogens (tertiary/aromatic N) is 5. The molecule has 9 heteroatoms. The molecule has 0 radical (unpaired) electrons. The first-order valence-electron chi connectivity index (χ1n) is 8.73. The number of hydrogen-bond acceptors (Lipinski definition) is 6. The molecule has 1 N–H and O–H groups in total. The van der Waals surface area contributed by atoms with Crippen molar-refractivity contribution in [1.82, 2.24) is 19.5 Å². The van der Waals surface area contributed by atoms with Gasteiger partial charge in [0.25, 0.3) is 5.89 Å². The number of fused-ring (bicyclic) bond motifs is 3. The molecule has 0 amide bonds. The molecule has 0 unspecified atom stereocenters. The van der Waals surface area contributed by atoms with E-state index in [4.69, 9.17) is 16.1 Å². The maximum atomic E-state index is 12.8. The van der Waals surface area contributed by atoms with Gasteiger partial charge in [0, 0.05) is 18.0 Å². The van der Waals surface area contributed by atoms with Gasteiger partial charge in [-0.3, -0.25) is 4.40 Å². The van der Waals surface area contributed by atoms with E-state index in [2.05, 4.69) is 15.1 Å². The Labute approximate surface area is 158 Å². The number of imidazole rings is 1. The van der Waals surface area contributed by atoms with Crippen LogP contribution in [0.4, 0.5) is 0 Å². The van der Waals surface area contributed by atoms with Crippen molar-refractivity contribution < 1.29 is 14.4 Å². The summed E-state index contributed by atoms with van der Waals surface area (Å²) >= 11 is 6.04. The molecule has 0 bridgehead atoms. The zero-order chi connectivity index (χ0) is 18.8. The summed E-state index contributed by atoms with van der Waals surface area (Å²) in [6.45, 7) is 1.70. The van der Waals surface area contributed by atoms with E-state index in [0.717, 1.165) is 17.6 Å². The van der Waals surface area contributed by atoms with Crippen LogP contribution in [0.15, 0.2) is 29.0 Å². The lowest BCUT2D eigenvalue weighted by Crippen LogP contribution is -2.32. The number of benzene rings is 1. The Bertz CT molecular complexity index is 1190. The quantitative estimate of drug-likeness (QED) is 0.420. The van der Waals surface area contributed by atoms with Gasteiger partial charge in [-0.2, -0.15) is 9.71 Å². The molecular formula is C18H16ClN5O3. The molecule has 0 atom stereocenters. The van der Waals surface area contributed by atoms with Crippen LogP contribution in [0, 0.1) is 12.1 Å². The molecule has 0 spiro atoms. The van der Waals surface area contributed by atoms with Crippen LogP contribution in [0.25, 0.3) is 28.1 Å². The Morgan fingerprint density at radius 1 is 1.33 bits per heavy atom. The molecule has 1 fully saturated rings. The third-order valence-corrected chi connectivity index (χ3v) is 5.54. The zero-order valence-corrected chi connectivity index (χ0v) is 15.3. The normalized spacial score (nSPS) is 16.6. The Hall–Kier alpha value is -2.71. The third-order valence-electron chi connectivity index (χ3n) is 5.31. The SMILES string of the molecule is Cc1c2c(-c3nc(C4(O)CCCC4)no3)ncn2c2ccc(Cl)cc2[n+]1[O-]. The second kappa shape index (κ2) is 5.64. The lowest BCUT2D eigenvalue weighted by molar-refractivity contribution is -0.583. The van der Waals surface area contributed by atoms with Crippen LogP contribution >= 0.6 is 11.6 Å². The van der Waals surface area contributed by atoms with E-state index in [9.17, 15) is 10.3 Å². The minimum absolute atomic E-state index is 0.184. The molecule has 3 aromatic heterocycles. The molecule has 1 aliphatic rings. The van der Waals surface area contributed by atoms with Crippen molar-refractivity contribution >= 4 is 28.2 Å². The monoisotopic (exact) mass is 385 g/mol. The van der Waals surface area contributed by atoms with Crippen LogP contribution in [0.2, 0.25) is 5.02 Å². The molecule has 4 aromatic rings. The minimum atomic E-state index is -1.05. The summed E-state index contributed by atoms with van der Waals surface area (Å²) in [5.74, 6) is 0.459. The molecule has 8 nitrogen and oxygen atoms in total. The number of aryl methyl sites for hydroxylation is 1. The van der Waals surface area contributed by atoms with Gasteiger partial charge in [-0.05, 0) is 37.8 Å². The maximum absolute atomic E-state index is 12.8. The fraction of sp³-hybridized carbons (Fsp3) is 0.333. The summed E-state index contributed by atoms with van der Waals surface area (Å²) in [6.07, 6.45) is 4.69. The van der Waals surface area contributed by atoms with Gasteiger partial charge in [-0.25, -0.2) is 4.98 Å². The first-order valence-corrected chi connectivity index (χ1v) is 9.11. The molecular weight excluding hydrogens is 370 g/mol. The summed E-state index contributed by atoms with van der Waals surface area (Å²) in [5.41, 5.74) is 1.50. The standard InChI is InChI=1S/C18H16ClN5O3/c1-10-15-14(16-21-17(22-27-16)18(25)6-2-3-7-18)20-9-23(15)12-5-4-11(19)8-13(12)24(10)26/h4-5,8-9,25H,2-3,6-7H2,1H3. The van der Waals surface area contributed by atoms with Gasteiger partial charge in [0.15, 0.2) is 5.69 Å². The van der Waals surface area contributed by atoms with Crippen molar-refractivity contribution in [2.45, 2.75) is 38.2 Å². The van der Waals surface area contributed by atoms with Gasteiger partial charge >= 0.3 is 0 Å². The van der Waals surface area contributed by atoms with Crippen LogP contribution in [0.1, 0.15) is 37.2 Å². The predicted molar refractivity (Wildman–Crippen MR) is 97.1 cm³/mol. The van der Waals surface area contributed by atoms with Gasteiger partial charge in [-0.1, -0.05) is 16.8 Å².